The van der Waals surface area contributed by atoms with E-state index in [0.29, 0.717) is 18.8 Å². The third-order valence-corrected chi connectivity index (χ3v) is 4.23. The molecule has 0 radical (unpaired) electrons. The van der Waals surface area contributed by atoms with Crippen molar-refractivity contribution < 1.29 is 13.2 Å². The zero-order valence-electron chi connectivity index (χ0n) is 11.7. The van der Waals surface area contributed by atoms with E-state index >= 15 is 0 Å². The van der Waals surface area contributed by atoms with Crippen LogP contribution in [0.3, 0.4) is 0 Å². The maximum absolute atomic E-state index is 12.0. The monoisotopic (exact) mass is 300 g/mol. The van der Waals surface area contributed by atoms with Crippen LogP contribution >= 0.6 is 0 Å². The van der Waals surface area contributed by atoms with E-state index in [-0.39, 0.29) is 23.9 Å². The third kappa shape index (κ3) is 4.26. The van der Waals surface area contributed by atoms with Gasteiger partial charge in [0, 0.05) is 25.8 Å². The Morgan fingerprint density at radius 3 is 2.45 bits per heavy atom. The highest BCUT2D eigenvalue weighted by Gasteiger charge is 2.17. The van der Waals surface area contributed by atoms with Crippen LogP contribution in [0.25, 0.3) is 0 Å². The van der Waals surface area contributed by atoms with Gasteiger partial charge in [0.1, 0.15) is 4.90 Å². The summed E-state index contributed by atoms with van der Waals surface area (Å²) >= 11 is 0. The first-order chi connectivity index (χ1) is 9.44. The maximum Gasteiger partial charge on any atom is 0.242 e. The van der Waals surface area contributed by atoms with Gasteiger partial charge in [0.05, 0.1) is 12.2 Å². The van der Waals surface area contributed by atoms with E-state index < -0.39 is 10.0 Å². The van der Waals surface area contributed by atoms with Crippen molar-refractivity contribution in [2.45, 2.75) is 25.3 Å². The fraction of sp³-hybridized carbons (Fsp3) is 0.500. The second-order valence-corrected chi connectivity index (χ2v) is 5.85. The van der Waals surface area contributed by atoms with E-state index in [0.717, 1.165) is 0 Å². The molecule has 0 aromatic carbocycles. The van der Waals surface area contributed by atoms with E-state index in [9.17, 15) is 13.2 Å². The van der Waals surface area contributed by atoms with Crippen LogP contribution in [0.2, 0.25) is 0 Å². The standard InChI is InChI=1S/C12H20N4O3S/c1-3-16(4-2)12(17)9-15-20(18,19)11-6-5-10(7-13)14-8-11/h5-6,8,15H,3-4,7,9,13H2,1-2H3. The van der Waals surface area contributed by atoms with Crippen LogP contribution < -0.4 is 10.5 Å². The van der Waals surface area contributed by atoms with Gasteiger partial charge in [-0.2, -0.15) is 0 Å². The highest BCUT2D eigenvalue weighted by atomic mass is 32.2. The quantitative estimate of drug-likeness (QED) is 0.718. The molecule has 8 heteroatoms. The fourth-order valence-corrected chi connectivity index (χ4v) is 2.54. The van der Waals surface area contributed by atoms with Gasteiger partial charge < -0.3 is 10.6 Å². The minimum absolute atomic E-state index is 0.0158. The molecule has 0 aliphatic rings. The summed E-state index contributed by atoms with van der Waals surface area (Å²) in [5.41, 5.74) is 5.99. The Morgan fingerprint density at radius 2 is 2.00 bits per heavy atom. The summed E-state index contributed by atoms with van der Waals surface area (Å²) in [7, 11) is -3.73. The average Bonchev–Trinajstić information content (AvgIpc) is 2.46. The topological polar surface area (TPSA) is 105 Å². The first-order valence-corrected chi connectivity index (χ1v) is 7.85. The summed E-state index contributed by atoms with van der Waals surface area (Å²) in [5, 5.41) is 0. The second-order valence-electron chi connectivity index (χ2n) is 4.08. The van der Waals surface area contributed by atoms with Gasteiger partial charge in [-0.15, -0.1) is 0 Å². The van der Waals surface area contributed by atoms with Gasteiger partial charge in [0.2, 0.25) is 15.9 Å². The van der Waals surface area contributed by atoms with Crippen molar-refractivity contribution in [3.05, 3.63) is 24.0 Å². The number of nitrogens with one attached hydrogen (secondary N) is 1. The number of amides is 1. The Bertz CT molecular complexity index is 538. The number of aromatic nitrogens is 1. The number of carbonyl (C=O) groups is 1. The summed E-state index contributed by atoms with van der Waals surface area (Å²) in [4.78, 5) is 17.2. The predicted octanol–water partition coefficient (Wildman–Crippen LogP) is -0.313. The summed E-state index contributed by atoms with van der Waals surface area (Å²) in [6.45, 7) is 4.75. The SMILES string of the molecule is CCN(CC)C(=O)CNS(=O)(=O)c1ccc(CN)nc1. The van der Waals surface area contributed by atoms with Crippen molar-refractivity contribution in [2.75, 3.05) is 19.6 Å². The molecule has 0 saturated heterocycles. The van der Waals surface area contributed by atoms with Gasteiger partial charge in [0.15, 0.2) is 0 Å². The molecule has 1 rings (SSSR count). The molecule has 1 aromatic rings. The van der Waals surface area contributed by atoms with Crippen molar-refractivity contribution in [1.29, 1.82) is 0 Å². The zero-order chi connectivity index (χ0) is 15.2. The first kappa shape index (κ1) is 16.5. The van der Waals surface area contributed by atoms with E-state index in [4.69, 9.17) is 5.73 Å². The van der Waals surface area contributed by atoms with Gasteiger partial charge in [-0.05, 0) is 26.0 Å². The van der Waals surface area contributed by atoms with E-state index in [2.05, 4.69) is 9.71 Å². The Kier molecular flexibility index (Phi) is 6.05. The van der Waals surface area contributed by atoms with Gasteiger partial charge in [-0.1, -0.05) is 0 Å². The Hall–Kier alpha value is -1.51. The molecule has 1 aromatic heterocycles. The third-order valence-electron chi connectivity index (χ3n) is 2.85. The van der Waals surface area contributed by atoms with Crippen molar-refractivity contribution in [3.8, 4) is 0 Å². The molecule has 20 heavy (non-hydrogen) atoms. The number of pyridine rings is 1. The molecule has 1 heterocycles. The van der Waals surface area contributed by atoms with E-state index in [1.54, 1.807) is 11.0 Å². The maximum atomic E-state index is 12.0. The summed E-state index contributed by atoms with van der Waals surface area (Å²) in [5.74, 6) is -0.259. The van der Waals surface area contributed by atoms with Crippen molar-refractivity contribution >= 4 is 15.9 Å². The number of sulfonamides is 1. The van der Waals surface area contributed by atoms with E-state index in [1.807, 2.05) is 13.8 Å². The molecule has 7 nitrogen and oxygen atoms in total. The van der Waals surface area contributed by atoms with Crippen molar-refractivity contribution in [3.63, 3.8) is 0 Å². The molecular weight excluding hydrogens is 280 g/mol. The largest absolute Gasteiger partial charge is 0.342 e. The first-order valence-electron chi connectivity index (χ1n) is 6.37. The molecule has 0 aliphatic carbocycles. The lowest BCUT2D eigenvalue weighted by Gasteiger charge is -2.18. The Balaban J connectivity index is 2.72. The number of nitrogens with zero attached hydrogens (tertiary/aromatic N) is 2. The number of carbonyl (C=O) groups excluding carboxylic acids is 1. The molecule has 1 amide bonds. The van der Waals surface area contributed by atoms with Gasteiger partial charge in [-0.25, -0.2) is 13.1 Å². The lowest BCUT2D eigenvalue weighted by atomic mass is 10.4. The van der Waals surface area contributed by atoms with E-state index in [1.165, 1.54) is 12.3 Å². The lowest BCUT2D eigenvalue weighted by Crippen LogP contribution is -2.39. The van der Waals surface area contributed by atoms with Crippen molar-refractivity contribution in [2.24, 2.45) is 5.73 Å². The molecule has 0 spiro atoms. The molecule has 0 saturated carbocycles. The minimum atomic E-state index is -3.73. The lowest BCUT2D eigenvalue weighted by molar-refractivity contribution is -0.129. The Morgan fingerprint density at radius 1 is 1.35 bits per heavy atom. The summed E-state index contributed by atoms with van der Waals surface area (Å²) in [6.07, 6.45) is 1.23. The number of hydrogen-bond acceptors (Lipinski definition) is 5. The minimum Gasteiger partial charge on any atom is -0.342 e. The molecule has 112 valence electrons. The van der Waals surface area contributed by atoms with Gasteiger partial charge in [0.25, 0.3) is 0 Å². The number of nitrogens with two attached hydrogens (primary N) is 1. The van der Waals surface area contributed by atoms with Crippen LogP contribution in [0.15, 0.2) is 23.2 Å². The fourth-order valence-electron chi connectivity index (χ4n) is 1.62. The van der Waals surface area contributed by atoms with Crippen LogP contribution in [-0.4, -0.2) is 43.8 Å². The molecule has 0 unspecified atom stereocenters. The number of likely N-dealkylation sites (N-methyl/N-ethyl adjacent to an activating group) is 1. The Labute approximate surface area is 119 Å². The summed E-state index contributed by atoms with van der Waals surface area (Å²) < 4.78 is 26.2. The number of rotatable bonds is 7. The van der Waals surface area contributed by atoms with Crippen molar-refractivity contribution in [1.82, 2.24) is 14.6 Å². The van der Waals surface area contributed by atoms with Crippen LogP contribution in [0.4, 0.5) is 0 Å². The second kappa shape index (κ2) is 7.32. The molecule has 0 bridgehead atoms. The van der Waals surface area contributed by atoms with Crippen LogP contribution in [0, 0.1) is 0 Å². The predicted molar refractivity (Wildman–Crippen MR) is 75.2 cm³/mol. The van der Waals surface area contributed by atoms with Crippen LogP contribution in [0.1, 0.15) is 19.5 Å². The van der Waals surface area contributed by atoms with Gasteiger partial charge in [-0.3, -0.25) is 9.78 Å². The average molecular weight is 300 g/mol. The van der Waals surface area contributed by atoms with Gasteiger partial charge >= 0.3 is 0 Å². The van der Waals surface area contributed by atoms with Crippen LogP contribution in [-0.2, 0) is 21.4 Å². The zero-order valence-corrected chi connectivity index (χ0v) is 12.5. The molecule has 0 atom stereocenters. The van der Waals surface area contributed by atoms with Crippen LogP contribution in [0.5, 0.6) is 0 Å². The number of hydrogen-bond donors (Lipinski definition) is 2. The molecule has 0 aliphatic heterocycles. The summed E-state index contributed by atoms with van der Waals surface area (Å²) in [6, 6.07) is 2.96. The highest BCUT2D eigenvalue weighted by Crippen LogP contribution is 2.07. The molecular formula is C12H20N4O3S. The molecule has 3 N–H and O–H groups in total. The smallest absolute Gasteiger partial charge is 0.242 e. The normalized spacial score (nSPS) is 11.3. The highest BCUT2D eigenvalue weighted by molar-refractivity contribution is 7.89. The molecule has 0 fully saturated rings.